The zero-order chi connectivity index (χ0) is 26.7. The number of hydrogen-bond donors (Lipinski definition) is 0. The molecule has 0 saturated carbocycles. The molecule has 0 aliphatic rings. The van der Waals surface area contributed by atoms with E-state index in [-0.39, 0.29) is 0 Å². The SMILES string of the molecule is CN(C)CCOc1ccc(/C(=C(\c2ccccc2)c2ccc(OCCN(C)C)cc2)c2ccccc2)cc1. The van der Waals surface area contributed by atoms with Gasteiger partial charge < -0.3 is 19.3 Å². The maximum Gasteiger partial charge on any atom is 0.119 e. The molecule has 38 heavy (non-hydrogen) atoms. The molecular formula is C34H38N2O2. The molecule has 0 bridgehead atoms. The van der Waals surface area contributed by atoms with Gasteiger partial charge in [0.15, 0.2) is 0 Å². The predicted octanol–water partition coefficient (Wildman–Crippen LogP) is 6.57. The summed E-state index contributed by atoms with van der Waals surface area (Å²) in [6.07, 6.45) is 0. The highest BCUT2D eigenvalue weighted by Crippen LogP contribution is 2.37. The fourth-order valence-corrected chi connectivity index (χ4v) is 4.25. The monoisotopic (exact) mass is 506 g/mol. The first-order chi connectivity index (χ1) is 18.5. The van der Waals surface area contributed by atoms with Gasteiger partial charge >= 0.3 is 0 Å². The summed E-state index contributed by atoms with van der Waals surface area (Å²) >= 11 is 0. The molecule has 4 aromatic carbocycles. The van der Waals surface area contributed by atoms with Crippen molar-refractivity contribution in [3.63, 3.8) is 0 Å². The lowest BCUT2D eigenvalue weighted by atomic mass is 9.86. The van der Waals surface area contributed by atoms with Crippen LogP contribution in [0.5, 0.6) is 11.5 Å². The average Bonchev–Trinajstić information content (AvgIpc) is 2.93. The van der Waals surface area contributed by atoms with Gasteiger partial charge in [0.1, 0.15) is 24.7 Å². The molecule has 4 heteroatoms. The maximum atomic E-state index is 5.97. The third kappa shape index (κ3) is 7.58. The number of hydrogen-bond acceptors (Lipinski definition) is 4. The first-order valence-corrected chi connectivity index (χ1v) is 13.1. The Balaban J connectivity index is 1.78. The fraction of sp³-hybridized carbons (Fsp3) is 0.235. The Morgan fingerprint density at radius 3 is 1.08 bits per heavy atom. The molecule has 0 radical (unpaired) electrons. The molecule has 0 saturated heterocycles. The quantitative estimate of drug-likeness (QED) is 0.203. The van der Waals surface area contributed by atoms with Crippen LogP contribution in [0.2, 0.25) is 0 Å². The third-order valence-corrected chi connectivity index (χ3v) is 6.28. The van der Waals surface area contributed by atoms with Gasteiger partial charge in [-0.3, -0.25) is 0 Å². The molecule has 0 aliphatic carbocycles. The van der Waals surface area contributed by atoms with Crippen LogP contribution in [0.25, 0.3) is 11.1 Å². The van der Waals surface area contributed by atoms with Crippen LogP contribution in [0, 0.1) is 0 Å². The van der Waals surface area contributed by atoms with Crippen molar-refractivity contribution in [3.8, 4) is 11.5 Å². The summed E-state index contributed by atoms with van der Waals surface area (Å²) in [4.78, 5) is 4.24. The van der Waals surface area contributed by atoms with Crippen LogP contribution in [-0.4, -0.2) is 64.3 Å². The van der Waals surface area contributed by atoms with Crippen LogP contribution >= 0.6 is 0 Å². The minimum absolute atomic E-state index is 0.659. The van der Waals surface area contributed by atoms with Crippen LogP contribution in [0.4, 0.5) is 0 Å². The first kappa shape index (κ1) is 27.2. The largest absolute Gasteiger partial charge is 0.492 e. The third-order valence-electron chi connectivity index (χ3n) is 6.28. The van der Waals surface area contributed by atoms with E-state index >= 15 is 0 Å². The summed E-state index contributed by atoms with van der Waals surface area (Å²) in [7, 11) is 8.21. The number of nitrogens with zero attached hydrogens (tertiary/aromatic N) is 2. The van der Waals surface area contributed by atoms with E-state index in [1.807, 2.05) is 0 Å². The van der Waals surface area contributed by atoms with Crippen molar-refractivity contribution in [1.82, 2.24) is 9.80 Å². The first-order valence-electron chi connectivity index (χ1n) is 13.1. The smallest absolute Gasteiger partial charge is 0.119 e. The van der Waals surface area contributed by atoms with E-state index in [1.54, 1.807) is 0 Å². The molecule has 0 atom stereocenters. The van der Waals surface area contributed by atoms with E-state index in [0.717, 1.165) is 35.7 Å². The predicted molar refractivity (Wildman–Crippen MR) is 159 cm³/mol. The molecule has 4 rings (SSSR count). The van der Waals surface area contributed by atoms with Crippen molar-refractivity contribution >= 4 is 11.1 Å². The van der Waals surface area contributed by atoms with Crippen molar-refractivity contribution in [2.75, 3.05) is 54.5 Å². The van der Waals surface area contributed by atoms with Crippen molar-refractivity contribution < 1.29 is 9.47 Å². The van der Waals surface area contributed by atoms with E-state index in [2.05, 4.69) is 147 Å². The van der Waals surface area contributed by atoms with Crippen LogP contribution in [0.3, 0.4) is 0 Å². The summed E-state index contributed by atoms with van der Waals surface area (Å²) in [6, 6.07) is 38.1. The van der Waals surface area contributed by atoms with Crippen LogP contribution < -0.4 is 9.47 Å². The van der Waals surface area contributed by atoms with Crippen molar-refractivity contribution in [1.29, 1.82) is 0 Å². The van der Waals surface area contributed by atoms with Gasteiger partial charge in [0, 0.05) is 13.1 Å². The minimum atomic E-state index is 0.659. The zero-order valence-corrected chi connectivity index (χ0v) is 22.9. The zero-order valence-electron chi connectivity index (χ0n) is 22.9. The summed E-state index contributed by atoms with van der Waals surface area (Å²) in [5.74, 6) is 1.76. The van der Waals surface area contributed by atoms with Gasteiger partial charge in [0.05, 0.1) is 0 Å². The molecule has 0 spiro atoms. The molecule has 4 aromatic rings. The Labute approximate surface area is 227 Å². The summed E-state index contributed by atoms with van der Waals surface area (Å²) in [5, 5.41) is 0. The summed E-state index contributed by atoms with van der Waals surface area (Å²) in [6.45, 7) is 3.08. The molecule has 0 aliphatic heterocycles. The highest BCUT2D eigenvalue weighted by molar-refractivity contribution is 6.04. The Bertz CT molecular complexity index is 1180. The molecule has 0 heterocycles. The number of rotatable bonds is 12. The van der Waals surface area contributed by atoms with Gasteiger partial charge in [-0.15, -0.1) is 0 Å². The van der Waals surface area contributed by atoms with Gasteiger partial charge in [0.2, 0.25) is 0 Å². The molecule has 4 nitrogen and oxygen atoms in total. The van der Waals surface area contributed by atoms with E-state index < -0.39 is 0 Å². The van der Waals surface area contributed by atoms with E-state index in [4.69, 9.17) is 9.47 Å². The number of likely N-dealkylation sites (N-methyl/N-ethyl adjacent to an activating group) is 2. The van der Waals surface area contributed by atoms with E-state index in [9.17, 15) is 0 Å². The van der Waals surface area contributed by atoms with Gasteiger partial charge in [-0.1, -0.05) is 84.9 Å². The highest BCUT2D eigenvalue weighted by atomic mass is 16.5. The molecule has 0 unspecified atom stereocenters. The second-order valence-corrected chi connectivity index (χ2v) is 9.83. The van der Waals surface area contributed by atoms with Crippen LogP contribution in [-0.2, 0) is 0 Å². The van der Waals surface area contributed by atoms with Gasteiger partial charge in [-0.2, -0.15) is 0 Å². The lowest BCUT2D eigenvalue weighted by Gasteiger charge is -2.19. The summed E-state index contributed by atoms with van der Waals surface area (Å²) in [5.41, 5.74) is 6.97. The van der Waals surface area contributed by atoms with Crippen molar-refractivity contribution in [3.05, 3.63) is 131 Å². The van der Waals surface area contributed by atoms with Gasteiger partial charge in [0.25, 0.3) is 0 Å². The molecule has 0 aromatic heterocycles. The van der Waals surface area contributed by atoms with Crippen molar-refractivity contribution in [2.45, 2.75) is 0 Å². The van der Waals surface area contributed by atoms with Gasteiger partial charge in [-0.25, -0.2) is 0 Å². The number of ether oxygens (including phenoxy) is 2. The molecule has 0 N–H and O–H groups in total. The molecule has 0 amide bonds. The van der Waals surface area contributed by atoms with Crippen LogP contribution in [0.15, 0.2) is 109 Å². The topological polar surface area (TPSA) is 24.9 Å². The fourth-order valence-electron chi connectivity index (χ4n) is 4.25. The van der Waals surface area contributed by atoms with Crippen LogP contribution in [0.1, 0.15) is 22.3 Å². The lowest BCUT2D eigenvalue weighted by molar-refractivity contribution is 0.261. The standard InChI is InChI=1S/C34H38N2O2/c1-35(2)23-25-37-31-19-15-29(16-20-31)33(27-11-7-5-8-12-27)34(28-13-9-6-10-14-28)30-17-21-32(22-18-30)38-26-24-36(3)4/h5-22H,23-26H2,1-4H3/b34-33+. The average molecular weight is 507 g/mol. The summed E-state index contributed by atoms with van der Waals surface area (Å²) < 4.78 is 11.9. The van der Waals surface area contributed by atoms with E-state index in [1.165, 1.54) is 22.3 Å². The van der Waals surface area contributed by atoms with Gasteiger partial charge in [-0.05, 0) is 85.9 Å². The Kier molecular flexibility index (Phi) is 9.74. The highest BCUT2D eigenvalue weighted by Gasteiger charge is 2.16. The molecule has 0 fully saturated rings. The second-order valence-electron chi connectivity index (χ2n) is 9.83. The molecule has 196 valence electrons. The second kappa shape index (κ2) is 13.6. The normalized spacial score (nSPS) is 11.9. The minimum Gasteiger partial charge on any atom is -0.492 e. The Morgan fingerprint density at radius 2 is 0.763 bits per heavy atom. The van der Waals surface area contributed by atoms with Crippen molar-refractivity contribution in [2.24, 2.45) is 0 Å². The Hall–Kier alpha value is -3.86. The number of benzene rings is 4. The Morgan fingerprint density at radius 1 is 0.447 bits per heavy atom. The van der Waals surface area contributed by atoms with E-state index in [0.29, 0.717) is 13.2 Å². The maximum absolute atomic E-state index is 5.97. The molecular weight excluding hydrogens is 468 g/mol. The lowest BCUT2D eigenvalue weighted by Crippen LogP contribution is -2.19.